The lowest BCUT2D eigenvalue weighted by Gasteiger charge is -2.28. The first-order valence-corrected chi connectivity index (χ1v) is 21.7. The van der Waals surface area contributed by atoms with Crippen molar-refractivity contribution in [2.45, 2.75) is 32.1 Å². The maximum atomic E-state index is 6.80. The molecule has 2 aliphatic carbocycles. The first-order valence-electron chi connectivity index (χ1n) is 21.7. The third kappa shape index (κ3) is 6.19. The maximum Gasteiger partial charge on any atom is 0.164 e. The summed E-state index contributed by atoms with van der Waals surface area (Å²) in [4.78, 5) is 17.9. The Labute approximate surface area is 366 Å². The topological polar surface area (TPSA) is 55.1 Å². The molecule has 0 amide bonds. The summed E-state index contributed by atoms with van der Waals surface area (Å²) in [5.74, 6) is 1.93. The van der Waals surface area contributed by atoms with Crippen molar-refractivity contribution in [2.24, 2.45) is 0 Å². The fourth-order valence-electron chi connectivity index (χ4n) is 9.88. The normalized spacial score (nSPS) is 13.7. The molecule has 0 saturated heterocycles. The van der Waals surface area contributed by atoms with Crippen LogP contribution in [0.4, 0.5) is 17.1 Å². The first kappa shape index (κ1) is 36.9. The molecule has 0 saturated carbocycles. The van der Waals surface area contributed by atoms with Crippen LogP contribution in [0.25, 0.3) is 72.5 Å². The summed E-state index contributed by atoms with van der Waals surface area (Å²) in [5, 5.41) is 1.98. The summed E-state index contributed by atoms with van der Waals surface area (Å²) in [6.07, 6.45) is 4.21. The van der Waals surface area contributed by atoms with Crippen LogP contribution in [0.15, 0.2) is 199 Å². The van der Waals surface area contributed by atoms with Gasteiger partial charge in [-0.15, -0.1) is 0 Å². The summed E-state index contributed by atoms with van der Waals surface area (Å²) in [5.41, 5.74) is 17.6. The summed E-state index contributed by atoms with van der Waals surface area (Å²) in [6, 6.07) is 66.7. The van der Waals surface area contributed by atoms with Gasteiger partial charge in [0.1, 0.15) is 11.2 Å². The highest BCUT2D eigenvalue weighted by atomic mass is 16.3. The van der Waals surface area contributed by atoms with Crippen LogP contribution in [-0.4, -0.2) is 15.0 Å². The van der Waals surface area contributed by atoms with E-state index in [1.165, 1.54) is 44.5 Å². The molecule has 0 atom stereocenters. The zero-order chi connectivity index (χ0) is 42.1. The van der Waals surface area contributed by atoms with Crippen LogP contribution in [0.5, 0.6) is 0 Å². The second-order valence-electron chi connectivity index (χ2n) is 17.1. The minimum Gasteiger partial charge on any atom is -0.456 e. The quantitative estimate of drug-likeness (QED) is 0.160. The molecule has 300 valence electrons. The minimum absolute atomic E-state index is 0.143. The largest absolute Gasteiger partial charge is 0.456 e. The molecule has 12 rings (SSSR count). The van der Waals surface area contributed by atoms with E-state index in [0.717, 1.165) is 68.5 Å². The minimum atomic E-state index is -0.143. The number of rotatable bonds is 7. The number of furan rings is 1. The molecule has 10 aromatic rings. The number of fused-ring (bicyclic) bond motifs is 7. The average molecular weight is 811 g/mol. The van der Waals surface area contributed by atoms with Crippen molar-refractivity contribution in [1.29, 1.82) is 0 Å². The molecule has 0 unspecified atom stereocenters. The Balaban J connectivity index is 1.01. The maximum absolute atomic E-state index is 6.80. The Morgan fingerprint density at radius 2 is 1.08 bits per heavy atom. The Bertz CT molecular complexity index is 3420. The molecule has 8 aromatic carbocycles. The van der Waals surface area contributed by atoms with Gasteiger partial charge in [-0.2, -0.15) is 0 Å². The second kappa shape index (κ2) is 14.6. The van der Waals surface area contributed by atoms with E-state index < -0.39 is 0 Å². The van der Waals surface area contributed by atoms with Gasteiger partial charge in [-0.25, -0.2) is 15.0 Å². The van der Waals surface area contributed by atoms with Crippen LogP contribution in [0.3, 0.4) is 0 Å². The lowest BCUT2D eigenvalue weighted by atomic mass is 9.82. The molecule has 0 aliphatic heterocycles. The molecule has 2 aliphatic rings. The smallest absolute Gasteiger partial charge is 0.164 e. The fourth-order valence-corrected chi connectivity index (χ4v) is 9.88. The van der Waals surface area contributed by atoms with E-state index in [-0.39, 0.29) is 5.41 Å². The zero-order valence-electron chi connectivity index (χ0n) is 35.1. The third-order valence-corrected chi connectivity index (χ3v) is 13.0. The van der Waals surface area contributed by atoms with Gasteiger partial charge in [0.05, 0.1) is 0 Å². The van der Waals surface area contributed by atoms with E-state index in [4.69, 9.17) is 19.4 Å². The Morgan fingerprint density at radius 3 is 1.90 bits per heavy atom. The molecule has 0 bridgehead atoms. The van der Waals surface area contributed by atoms with Gasteiger partial charge >= 0.3 is 0 Å². The number of anilines is 3. The van der Waals surface area contributed by atoms with Crippen molar-refractivity contribution in [1.82, 2.24) is 15.0 Å². The molecule has 0 spiro atoms. The average Bonchev–Trinajstić information content (AvgIpc) is 3.83. The van der Waals surface area contributed by atoms with Crippen LogP contribution >= 0.6 is 0 Å². The number of benzene rings is 8. The van der Waals surface area contributed by atoms with E-state index in [1.807, 2.05) is 30.3 Å². The molecule has 5 nitrogen and oxygen atoms in total. The molecule has 0 N–H and O–H groups in total. The molecule has 0 radical (unpaired) electrons. The lowest BCUT2D eigenvalue weighted by molar-refractivity contribution is 0.660. The number of aromatic nitrogens is 3. The standard InChI is InChI=1S/C58H42N4O/c1-58(2)50-25-12-11-22-45(50)46-33-31-42(35-51(46)58)62(41-29-27-38(28-30-41)37-15-5-3-6-16-37)43-32-34-48-53(36-43)63-52-26-14-24-49(54(48)52)57-60-55(40-18-7-4-8-19-40)59-56(61-57)47-23-13-20-39-17-9-10-21-44(39)47/h3-12,14-19,21-36H,13,20H2,1-2H3. The van der Waals surface area contributed by atoms with Gasteiger partial charge in [-0.3, -0.25) is 0 Å². The van der Waals surface area contributed by atoms with E-state index in [1.54, 1.807) is 0 Å². The van der Waals surface area contributed by atoms with Crippen LogP contribution in [0.2, 0.25) is 0 Å². The monoisotopic (exact) mass is 810 g/mol. The summed E-state index contributed by atoms with van der Waals surface area (Å²) >= 11 is 0. The van der Waals surface area contributed by atoms with Crippen LogP contribution in [-0.2, 0) is 11.8 Å². The van der Waals surface area contributed by atoms with Gasteiger partial charge in [-0.05, 0) is 99.8 Å². The van der Waals surface area contributed by atoms with Gasteiger partial charge in [0.15, 0.2) is 17.5 Å². The number of aryl methyl sites for hydroxylation is 1. The molecular weight excluding hydrogens is 769 g/mol. The van der Waals surface area contributed by atoms with Crippen LogP contribution in [0.1, 0.15) is 48.3 Å². The molecule has 5 heteroatoms. The van der Waals surface area contributed by atoms with Crippen molar-refractivity contribution in [3.05, 3.63) is 222 Å². The Hall–Kier alpha value is -7.89. The van der Waals surface area contributed by atoms with Gasteiger partial charge in [0.25, 0.3) is 0 Å². The predicted molar refractivity (Wildman–Crippen MR) is 258 cm³/mol. The van der Waals surface area contributed by atoms with Crippen LogP contribution < -0.4 is 4.90 Å². The lowest BCUT2D eigenvalue weighted by Crippen LogP contribution is -2.16. The van der Waals surface area contributed by atoms with E-state index in [2.05, 4.69) is 183 Å². The summed E-state index contributed by atoms with van der Waals surface area (Å²) in [7, 11) is 0. The highest BCUT2D eigenvalue weighted by Crippen LogP contribution is 2.51. The summed E-state index contributed by atoms with van der Waals surface area (Å²) < 4.78 is 6.80. The highest BCUT2D eigenvalue weighted by molar-refractivity contribution is 6.12. The van der Waals surface area contributed by atoms with Gasteiger partial charge < -0.3 is 9.32 Å². The van der Waals surface area contributed by atoms with Crippen molar-refractivity contribution < 1.29 is 4.42 Å². The predicted octanol–water partition coefficient (Wildman–Crippen LogP) is 14.9. The van der Waals surface area contributed by atoms with Gasteiger partial charge in [0.2, 0.25) is 0 Å². The third-order valence-electron chi connectivity index (χ3n) is 13.0. The fraction of sp³-hybridized carbons (Fsp3) is 0.0862. The highest BCUT2D eigenvalue weighted by Gasteiger charge is 2.36. The van der Waals surface area contributed by atoms with Crippen molar-refractivity contribution in [3.8, 4) is 45.0 Å². The van der Waals surface area contributed by atoms with E-state index >= 15 is 0 Å². The SMILES string of the molecule is CC1(C)c2ccccc2-c2ccc(N(c3ccc(-c4ccccc4)cc3)c3ccc4c(c3)oc3cccc(-c5nc(C6=CCCc7ccccc76)nc(-c6ccccc6)n5)c34)cc21. The second-order valence-corrected chi connectivity index (χ2v) is 17.1. The number of hydrogen-bond acceptors (Lipinski definition) is 5. The van der Waals surface area contributed by atoms with Crippen LogP contribution in [0, 0.1) is 0 Å². The van der Waals surface area contributed by atoms with Gasteiger partial charge in [0, 0.05) is 56.0 Å². The molecule has 0 fully saturated rings. The number of allylic oxidation sites excluding steroid dienone is 1. The zero-order valence-corrected chi connectivity index (χ0v) is 35.1. The van der Waals surface area contributed by atoms with Crippen molar-refractivity contribution in [2.75, 3.05) is 4.90 Å². The Kier molecular flexibility index (Phi) is 8.58. The molecule has 63 heavy (non-hydrogen) atoms. The first-order chi connectivity index (χ1) is 31.0. The van der Waals surface area contributed by atoms with Gasteiger partial charge in [-0.1, -0.05) is 159 Å². The van der Waals surface area contributed by atoms with Crippen molar-refractivity contribution >= 4 is 44.6 Å². The van der Waals surface area contributed by atoms with E-state index in [9.17, 15) is 0 Å². The van der Waals surface area contributed by atoms with E-state index in [0.29, 0.717) is 17.5 Å². The number of nitrogens with zero attached hydrogens (tertiary/aromatic N) is 4. The molecule has 2 heterocycles. The van der Waals surface area contributed by atoms with Crippen molar-refractivity contribution in [3.63, 3.8) is 0 Å². The molecule has 2 aromatic heterocycles. The Morgan fingerprint density at radius 1 is 0.460 bits per heavy atom. The summed E-state index contributed by atoms with van der Waals surface area (Å²) in [6.45, 7) is 4.67. The molecular formula is C58H42N4O. The number of hydrogen-bond donors (Lipinski definition) is 0.